The second-order valence-corrected chi connectivity index (χ2v) is 5.64. The number of hydrogen-bond acceptors (Lipinski definition) is 3. The first-order chi connectivity index (χ1) is 10.1. The van der Waals surface area contributed by atoms with Gasteiger partial charge in [0.1, 0.15) is 0 Å². The summed E-state index contributed by atoms with van der Waals surface area (Å²) < 4.78 is 5.64. The summed E-state index contributed by atoms with van der Waals surface area (Å²) in [6, 6.07) is 12.6. The fraction of sp³-hybridized carbons (Fsp3) is 0.0667. The molecular weight excluding hydrogens is 331 g/mol. The molecule has 1 heterocycles. The highest BCUT2D eigenvalue weighted by atomic mass is 35.5. The minimum Gasteiger partial charge on any atom is -0.420 e. The fourth-order valence-electron chi connectivity index (χ4n) is 1.90. The average molecular weight is 340 g/mol. The van der Waals surface area contributed by atoms with Crippen LogP contribution in [0.3, 0.4) is 0 Å². The quantitative estimate of drug-likeness (QED) is 0.651. The number of halogens is 3. The van der Waals surface area contributed by atoms with Crippen LogP contribution in [0.15, 0.2) is 46.9 Å². The Bertz CT molecular complexity index is 786. The molecule has 0 bridgehead atoms. The van der Waals surface area contributed by atoms with E-state index in [9.17, 15) is 0 Å². The molecule has 2 aromatic carbocycles. The lowest BCUT2D eigenvalue weighted by Crippen LogP contribution is -1.89. The van der Waals surface area contributed by atoms with Crippen LogP contribution in [0.4, 0.5) is 0 Å². The Morgan fingerprint density at radius 1 is 0.905 bits per heavy atom. The maximum Gasteiger partial charge on any atom is 0.249 e. The summed E-state index contributed by atoms with van der Waals surface area (Å²) in [6.45, 7) is 0. The van der Waals surface area contributed by atoms with E-state index in [0.29, 0.717) is 38.8 Å². The second-order valence-electron chi connectivity index (χ2n) is 4.39. The molecule has 3 nitrogen and oxygen atoms in total. The van der Waals surface area contributed by atoms with Crippen LogP contribution in [0, 0.1) is 0 Å². The van der Waals surface area contributed by atoms with Crippen molar-refractivity contribution >= 4 is 34.8 Å². The predicted octanol–water partition coefficient (Wildman–Crippen LogP) is 5.29. The molecule has 0 aliphatic rings. The minimum atomic E-state index is 0.390. The lowest BCUT2D eigenvalue weighted by Gasteiger charge is -2.01. The summed E-state index contributed by atoms with van der Waals surface area (Å²) in [4.78, 5) is 0. The molecule has 0 unspecified atom stereocenters. The van der Waals surface area contributed by atoms with Gasteiger partial charge in [-0.25, -0.2) is 0 Å². The first-order valence-corrected chi connectivity index (χ1v) is 7.28. The highest BCUT2D eigenvalue weighted by Gasteiger charge is 2.13. The average Bonchev–Trinajstić information content (AvgIpc) is 2.91. The Hall–Kier alpha value is -1.55. The number of benzene rings is 2. The molecule has 0 saturated heterocycles. The monoisotopic (exact) mass is 338 g/mol. The van der Waals surface area contributed by atoms with E-state index in [1.165, 1.54) is 0 Å². The normalized spacial score (nSPS) is 10.8. The van der Waals surface area contributed by atoms with Crippen molar-refractivity contribution in [3.63, 3.8) is 0 Å². The molecule has 3 rings (SSSR count). The Labute approximate surface area is 136 Å². The summed E-state index contributed by atoms with van der Waals surface area (Å²) in [6.07, 6.45) is 0.438. The standard InChI is InChI=1S/C15H9Cl3N2O/c16-10-6-5-9(13(18)8-10)7-14-19-20-15(21-14)11-3-1-2-4-12(11)17/h1-6,8H,7H2. The molecule has 0 radical (unpaired) electrons. The van der Waals surface area contributed by atoms with Gasteiger partial charge in [-0.2, -0.15) is 0 Å². The van der Waals surface area contributed by atoms with Crippen LogP contribution < -0.4 is 0 Å². The van der Waals surface area contributed by atoms with E-state index in [2.05, 4.69) is 10.2 Å². The summed E-state index contributed by atoms with van der Waals surface area (Å²) in [5.41, 5.74) is 1.58. The zero-order valence-corrected chi connectivity index (χ0v) is 13.0. The van der Waals surface area contributed by atoms with Crippen molar-refractivity contribution in [2.75, 3.05) is 0 Å². The maximum atomic E-state index is 6.13. The van der Waals surface area contributed by atoms with Gasteiger partial charge in [-0.05, 0) is 29.8 Å². The number of nitrogens with zero attached hydrogens (tertiary/aromatic N) is 2. The van der Waals surface area contributed by atoms with E-state index in [-0.39, 0.29) is 0 Å². The van der Waals surface area contributed by atoms with E-state index in [1.807, 2.05) is 24.3 Å². The van der Waals surface area contributed by atoms with E-state index in [4.69, 9.17) is 39.2 Å². The van der Waals surface area contributed by atoms with E-state index >= 15 is 0 Å². The molecular formula is C15H9Cl3N2O. The third-order valence-electron chi connectivity index (χ3n) is 2.93. The van der Waals surface area contributed by atoms with E-state index in [0.717, 1.165) is 5.56 Å². The van der Waals surface area contributed by atoms with Gasteiger partial charge in [0.25, 0.3) is 0 Å². The number of aromatic nitrogens is 2. The summed E-state index contributed by atoms with van der Waals surface area (Å²) >= 11 is 18.1. The Morgan fingerprint density at radius 3 is 2.48 bits per heavy atom. The second kappa shape index (κ2) is 6.06. The molecule has 0 N–H and O–H groups in total. The SMILES string of the molecule is Clc1ccc(Cc2nnc(-c3ccccc3Cl)o2)c(Cl)c1. The van der Waals surface area contributed by atoms with Crippen molar-refractivity contribution in [2.24, 2.45) is 0 Å². The van der Waals surface area contributed by atoms with Crippen LogP contribution in [0.1, 0.15) is 11.5 Å². The van der Waals surface area contributed by atoms with Crippen molar-refractivity contribution < 1.29 is 4.42 Å². The molecule has 0 spiro atoms. The van der Waals surface area contributed by atoms with Gasteiger partial charge >= 0.3 is 0 Å². The van der Waals surface area contributed by atoms with Gasteiger partial charge in [0, 0.05) is 10.0 Å². The predicted molar refractivity (Wildman–Crippen MR) is 84.0 cm³/mol. The van der Waals surface area contributed by atoms with Gasteiger partial charge in [0.15, 0.2) is 0 Å². The third-order valence-corrected chi connectivity index (χ3v) is 3.84. The molecule has 0 aliphatic carbocycles. The third kappa shape index (κ3) is 3.21. The highest BCUT2D eigenvalue weighted by Crippen LogP contribution is 2.28. The fourth-order valence-corrected chi connectivity index (χ4v) is 2.59. The molecule has 106 valence electrons. The van der Waals surface area contributed by atoms with Crippen LogP contribution in [-0.4, -0.2) is 10.2 Å². The topological polar surface area (TPSA) is 38.9 Å². The van der Waals surface area contributed by atoms with Crippen molar-refractivity contribution in [1.82, 2.24) is 10.2 Å². The number of rotatable bonds is 3. The highest BCUT2D eigenvalue weighted by molar-refractivity contribution is 6.35. The van der Waals surface area contributed by atoms with Gasteiger partial charge in [-0.15, -0.1) is 10.2 Å². The molecule has 3 aromatic rings. The van der Waals surface area contributed by atoms with Crippen molar-refractivity contribution in [3.05, 3.63) is 69.0 Å². The smallest absolute Gasteiger partial charge is 0.249 e. The lowest BCUT2D eigenvalue weighted by atomic mass is 10.1. The molecule has 1 aromatic heterocycles. The Balaban J connectivity index is 1.87. The first kappa shape index (κ1) is 14.4. The Morgan fingerprint density at radius 2 is 1.71 bits per heavy atom. The largest absolute Gasteiger partial charge is 0.420 e. The molecule has 21 heavy (non-hydrogen) atoms. The zero-order valence-electron chi connectivity index (χ0n) is 10.7. The molecule has 0 atom stereocenters. The van der Waals surface area contributed by atoms with Crippen LogP contribution in [0.25, 0.3) is 11.5 Å². The summed E-state index contributed by atoms with van der Waals surface area (Å²) in [7, 11) is 0. The van der Waals surface area contributed by atoms with Crippen molar-refractivity contribution in [1.29, 1.82) is 0 Å². The number of hydrogen-bond donors (Lipinski definition) is 0. The van der Waals surface area contributed by atoms with E-state index in [1.54, 1.807) is 18.2 Å². The van der Waals surface area contributed by atoms with Gasteiger partial charge in [0.2, 0.25) is 11.8 Å². The zero-order chi connectivity index (χ0) is 14.8. The van der Waals surface area contributed by atoms with Crippen molar-refractivity contribution in [2.45, 2.75) is 6.42 Å². The molecule has 0 fully saturated rings. The van der Waals surface area contributed by atoms with Gasteiger partial charge in [0.05, 0.1) is 17.0 Å². The summed E-state index contributed by atoms with van der Waals surface area (Å²) in [5, 5.41) is 9.77. The van der Waals surface area contributed by atoms with Crippen LogP contribution in [0.5, 0.6) is 0 Å². The summed E-state index contributed by atoms with van der Waals surface area (Å²) in [5.74, 6) is 0.856. The van der Waals surface area contributed by atoms with Crippen LogP contribution in [-0.2, 0) is 6.42 Å². The first-order valence-electron chi connectivity index (χ1n) is 6.14. The minimum absolute atomic E-state index is 0.390. The molecule has 0 amide bonds. The molecule has 6 heteroatoms. The van der Waals surface area contributed by atoms with Gasteiger partial charge in [-0.1, -0.05) is 53.0 Å². The molecule has 0 aliphatic heterocycles. The molecule has 0 saturated carbocycles. The van der Waals surface area contributed by atoms with Crippen molar-refractivity contribution in [3.8, 4) is 11.5 Å². The van der Waals surface area contributed by atoms with Gasteiger partial charge in [-0.3, -0.25) is 0 Å². The van der Waals surface area contributed by atoms with Crippen LogP contribution in [0.2, 0.25) is 15.1 Å². The Kier molecular flexibility index (Phi) is 4.15. The lowest BCUT2D eigenvalue weighted by molar-refractivity contribution is 0.518. The maximum absolute atomic E-state index is 6.13. The van der Waals surface area contributed by atoms with Crippen LogP contribution >= 0.6 is 34.8 Å². The van der Waals surface area contributed by atoms with Gasteiger partial charge < -0.3 is 4.42 Å². The van der Waals surface area contributed by atoms with E-state index < -0.39 is 0 Å².